The zero-order valence-electron chi connectivity index (χ0n) is 15.7. The van der Waals surface area contributed by atoms with Crippen molar-refractivity contribution in [2.75, 3.05) is 6.54 Å². The number of imidazole rings is 1. The number of aromatic nitrogens is 2. The van der Waals surface area contributed by atoms with Crippen LogP contribution in [0.2, 0.25) is 0 Å². The lowest BCUT2D eigenvalue weighted by Crippen LogP contribution is -2.37. The van der Waals surface area contributed by atoms with E-state index in [2.05, 4.69) is 4.98 Å². The maximum atomic E-state index is 14.3. The highest BCUT2D eigenvalue weighted by atomic mass is 19.3. The maximum Gasteiger partial charge on any atom is 0.303 e. The largest absolute Gasteiger partial charge is 0.325 e. The molecule has 3 aromatic carbocycles. The molecule has 0 radical (unpaired) electrons. The van der Waals surface area contributed by atoms with Gasteiger partial charge in [-0.1, -0.05) is 91.0 Å². The van der Waals surface area contributed by atoms with Crippen LogP contribution in [-0.2, 0) is 11.5 Å². The smallest absolute Gasteiger partial charge is 0.303 e. The maximum absolute atomic E-state index is 14.3. The Hall–Kier alpha value is -3.31. The topological polar surface area (TPSA) is 43.8 Å². The minimum atomic E-state index is -3.19. The number of hydrogen-bond donors (Lipinski definition) is 1. The third-order valence-corrected chi connectivity index (χ3v) is 5.18. The minimum Gasteiger partial charge on any atom is -0.325 e. The van der Waals surface area contributed by atoms with Gasteiger partial charge in [-0.25, -0.2) is 4.98 Å². The fraction of sp³-hybridized carbons (Fsp3) is 0.125. The zero-order valence-corrected chi connectivity index (χ0v) is 15.7. The third-order valence-electron chi connectivity index (χ3n) is 5.18. The van der Waals surface area contributed by atoms with Gasteiger partial charge in [0.25, 0.3) is 0 Å². The highest BCUT2D eigenvalue weighted by Gasteiger charge is 2.40. The highest BCUT2D eigenvalue weighted by Crippen LogP contribution is 2.41. The monoisotopic (exact) mass is 389 g/mol. The molecule has 1 heterocycles. The molecule has 0 spiro atoms. The molecule has 0 bridgehead atoms. The summed E-state index contributed by atoms with van der Waals surface area (Å²) in [4.78, 5) is 4.03. The first-order chi connectivity index (χ1) is 14.1. The van der Waals surface area contributed by atoms with Gasteiger partial charge in [0, 0.05) is 6.20 Å². The average molecular weight is 389 g/mol. The first-order valence-corrected chi connectivity index (χ1v) is 9.38. The van der Waals surface area contributed by atoms with E-state index in [0.717, 1.165) is 16.7 Å². The first kappa shape index (κ1) is 19.0. The molecule has 0 saturated heterocycles. The minimum absolute atomic E-state index is 0.341. The van der Waals surface area contributed by atoms with E-state index in [1.54, 1.807) is 4.57 Å². The van der Waals surface area contributed by atoms with Gasteiger partial charge in [0.2, 0.25) is 0 Å². The van der Waals surface area contributed by atoms with Gasteiger partial charge in [-0.2, -0.15) is 8.78 Å². The van der Waals surface area contributed by atoms with Crippen LogP contribution in [0.1, 0.15) is 22.4 Å². The van der Waals surface area contributed by atoms with Gasteiger partial charge in [0.15, 0.2) is 0 Å². The third kappa shape index (κ3) is 3.23. The Morgan fingerprint density at radius 3 is 1.52 bits per heavy atom. The van der Waals surface area contributed by atoms with Gasteiger partial charge in [-0.05, 0) is 16.7 Å². The normalized spacial score (nSPS) is 12.1. The summed E-state index contributed by atoms with van der Waals surface area (Å²) in [5.41, 5.74) is 6.91. The second-order valence-corrected chi connectivity index (χ2v) is 6.88. The van der Waals surface area contributed by atoms with Crippen LogP contribution in [0.4, 0.5) is 8.78 Å². The Kier molecular flexibility index (Phi) is 4.99. The van der Waals surface area contributed by atoms with Crippen LogP contribution in [-0.4, -0.2) is 16.1 Å². The molecule has 146 valence electrons. The quantitative estimate of drug-likeness (QED) is 0.483. The number of hydrogen-bond acceptors (Lipinski definition) is 2. The van der Waals surface area contributed by atoms with Crippen molar-refractivity contribution < 1.29 is 8.78 Å². The van der Waals surface area contributed by atoms with E-state index in [4.69, 9.17) is 5.73 Å². The van der Waals surface area contributed by atoms with Crippen LogP contribution in [0.3, 0.4) is 0 Å². The fourth-order valence-electron chi connectivity index (χ4n) is 3.78. The Balaban J connectivity index is 2.07. The number of nitrogens with zero attached hydrogens (tertiary/aromatic N) is 2. The standard InChI is InChI=1S/C24H21F2N3/c25-23(26,17-27)22-16-29(18-28-22)24(19-10-4-1-5-11-19,20-12-6-2-7-13-20)21-14-8-3-9-15-21/h1-16,18H,17,27H2. The van der Waals surface area contributed by atoms with Crippen LogP contribution in [0.25, 0.3) is 0 Å². The fourth-order valence-corrected chi connectivity index (χ4v) is 3.78. The molecule has 0 unspecified atom stereocenters. The summed E-state index contributed by atoms with van der Waals surface area (Å²) in [6, 6.07) is 29.5. The molecule has 0 aliphatic heterocycles. The molecular weight excluding hydrogens is 368 g/mol. The van der Waals surface area contributed by atoms with E-state index in [9.17, 15) is 8.78 Å². The molecule has 0 amide bonds. The lowest BCUT2D eigenvalue weighted by molar-refractivity contribution is 0.00164. The predicted molar refractivity (Wildman–Crippen MR) is 110 cm³/mol. The summed E-state index contributed by atoms with van der Waals surface area (Å²) >= 11 is 0. The van der Waals surface area contributed by atoms with E-state index >= 15 is 0 Å². The Morgan fingerprint density at radius 2 is 1.14 bits per heavy atom. The van der Waals surface area contributed by atoms with Crippen molar-refractivity contribution in [1.82, 2.24) is 9.55 Å². The van der Waals surface area contributed by atoms with Gasteiger partial charge in [-0.3, -0.25) is 0 Å². The predicted octanol–water partition coefficient (Wildman–Crippen LogP) is 4.77. The SMILES string of the molecule is NCC(F)(F)c1cn(C(c2ccccc2)(c2ccccc2)c2ccccc2)cn1. The summed E-state index contributed by atoms with van der Waals surface area (Å²) in [6.45, 7) is -0.793. The molecular formula is C24H21F2N3. The Labute approximate surface area is 168 Å². The second-order valence-electron chi connectivity index (χ2n) is 6.88. The lowest BCUT2D eigenvalue weighted by atomic mass is 9.77. The van der Waals surface area contributed by atoms with Crippen molar-refractivity contribution in [3.63, 3.8) is 0 Å². The molecule has 2 N–H and O–H groups in total. The van der Waals surface area contributed by atoms with Gasteiger partial charge in [0.1, 0.15) is 11.2 Å². The van der Waals surface area contributed by atoms with Crippen molar-refractivity contribution in [2.24, 2.45) is 5.73 Å². The summed E-state index contributed by atoms with van der Waals surface area (Å²) in [5, 5.41) is 0. The second kappa shape index (κ2) is 7.60. The molecule has 0 atom stereocenters. The van der Waals surface area contributed by atoms with Gasteiger partial charge in [0.05, 0.1) is 12.9 Å². The number of halogens is 2. The summed E-state index contributed by atoms with van der Waals surface area (Å²) in [6.07, 6.45) is 2.87. The van der Waals surface area contributed by atoms with Crippen molar-refractivity contribution in [3.8, 4) is 0 Å². The van der Waals surface area contributed by atoms with Crippen molar-refractivity contribution >= 4 is 0 Å². The summed E-state index contributed by atoms with van der Waals surface area (Å²) in [7, 11) is 0. The van der Waals surface area contributed by atoms with Crippen LogP contribution in [0.5, 0.6) is 0 Å². The highest BCUT2D eigenvalue weighted by molar-refractivity contribution is 5.50. The van der Waals surface area contributed by atoms with Gasteiger partial charge in [-0.15, -0.1) is 0 Å². The number of rotatable bonds is 6. The van der Waals surface area contributed by atoms with E-state index in [0.29, 0.717) is 0 Å². The molecule has 0 saturated carbocycles. The van der Waals surface area contributed by atoms with Crippen LogP contribution in [0.15, 0.2) is 104 Å². The van der Waals surface area contributed by atoms with E-state index in [-0.39, 0.29) is 5.69 Å². The molecule has 5 heteroatoms. The van der Waals surface area contributed by atoms with E-state index in [1.165, 1.54) is 12.5 Å². The molecule has 0 aliphatic carbocycles. The summed E-state index contributed by atoms with van der Waals surface area (Å²) < 4.78 is 30.3. The molecule has 3 nitrogen and oxygen atoms in total. The van der Waals surface area contributed by atoms with Gasteiger partial charge >= 0.3 is 5.92 Å². The number of alkyl halides is 2. The van der Waals surface area contributed by atoms with Crippen molar-refractivity contribution in [3.05, 3.63) is 126 Å². The average Bonchev–Trinajstić information content (AvgIpc) is 3.28. The number of nitrogens with two attached hydrogens (primary N) is 1. The number of benzene rings is 3. The Bertz CT molecular complexity index is 964. The van der Waals surface area contributed by atoms with Crippen molar-refractivity contribution in [1.29, 1.82) is 0 Å². The first-order valence-electron chi connectivity index (χ1n) is 9.38. The summed E-state index contributed by atoms with van der Waals surface area (Å²) in [5.74, 6) is -3.19. The van der Waals surface area contributed by atoms with Crippen LogP contribution in [0, 0.1) is 0 Å². The molecule has 4 rings (SSSR count). The van der Waals surface area contributed by atoms with E-state index in [1.807, 2.05) is 91.0 Å². The molecule has 0 aliphatic rings. The van der Waals surface area contributed by atoms with Crippen LogP contribution >= 0.6 is 0 Å². The molecule has 29 heavy (non-hydrogen) atoms. The van der Waals surface area contributed by atoms with E-state index < -0.39 is 18.0 Å². The Morgan fingerprint density at radius 1 is 0.724 bits per heavy atom. The van der Waals surface area contributed by atoms with Crippen LogP contribution < -0.4 is 5.73 Å². The molecule has 1 aromatic heterocycles. The van der Waals surface area contributed by atoms with Crippen molar-refractivity contribution in [2.45, 2.75) is 11.5 Å². The molecule has 0 fully saturated rings. The molecule has 4 aromatic rings. The van der Waals surface area contributed by atoms with Gasteiger partial charge < -0.3 is 10.3 Å². The lowest BCUT2D eigenvalue weighted by Gasteiger charge is -2.37. The zero-order chi connectivity index (χ0) is 20.3.